The summed E-state index contributed by atoms with van der Waals surface area (Å²) in [5.74, 6) is 0.868. The first kappa shape index (κ1) is 21.0. The van der Waals surface area contributed by atoms with Crippen molar-refractivity contribution in [2.75, 3.05) is 41.0 Å². The summed E-state index contributed by atoms with van der Waals surface area (Å²) in [6.45, 7) is 7.36. The van der Waals surface area contributed by atoms with E-state index in [0.717, 1.165) is 45.4 Å². The van der Waals surface area contributed by atoms with Gasteiger partial charge in [0.05, 0.1) is 19.6 Å². The molecule has 0 aromatic heterocycles. The predicted octanol–water partition coefficient (Wildman–Crippen LogP) is 4.02. The number of methoxy groups -OCH3 is 2. The summed E-state index contributed by atoms with van der Waals surface area (Å²) >= 11 is 0. The van der Waals surface area contributed by atoms with Crippen molar-refractivity contribution in [2.24, 2.45) is 34.5 Å². The zero-order valence-corrected chi connectivity index (χ0v) is 19.5. The second kappa shape index (κ2) is 7.05. The molecule has 1 saturated carbocycles. The van der Waals surface area contributed by atoms with Crippen LogP contribution in [0, 0.1) is 34.5 Å². The number of esters is 1. The van der Waals surface area contributed by atoms with Crippen LogP contribution in [0.4, 0.5) is 0 Å². The molecule has 30 heavy (non-hydrogen) atoms. The Balaban J connectivity index is 1.61. The third kappa shape index (κ3) is 2.55. The van der Waals surface area contributed by atoms with Crippen LogP contribution in [0.2, 0.25) is 0 Å². The van der Waals surface area contributed by atoms with Crippen LogP contribution in [0.15, 0.2) is 11.1 Å². The number of carbonyl (C=O) groups is 1. The van der Waals surface area contributed by atoms with Gasteiger partial charge in [-0.05, 0) is 57.4 Å². The Kier molecular flexibility index (Phi) is 4.92. The molecule has 2 heterocycles. The Morgan fingerprint density at radius 3 is 2.60 bits per heavy atom. The first-order valence-corrected chi connectivity index (χ1v) is 12.0. The van der Waals surface area contributed by atoms with Gasteiger partial charge in [0.1, 0.15) is 0 Å². The van der Waals surface area contributed by atoms with E-state index >= 15 is 0 Å². The molecule has 168 valence electrons. The summed E-state index contributed by atoms with van der Waals surface area (Å²) in [6.07, 6.45) is 7.79. The van der Waals surface area contributed by atoms with Crippen LogP contribution in [-0.2, 0) is 19.0 Å². The van der Waals surface area contributed by atoms with E-state index < -0.39 is 5.79 Å². The van der Waals surface area contributed by atoms with Gasteiger partial charge < -0.3 is 19.1 Å². The molecule has 3 fully saturated rings. The van der Waals surface area contributed by atoms with Gasteiger partial charge in [-0.15, -0.1) is 0 Å². The average Bonchev–Trinajstić information content (AvgIpc) is 3.28. The van der Waals surface area contributed by atoms with E-state index in [0.29, 0.717) is 17.8 Å². The van der Waals surface area contributed by atoms with Crippen LogP contribution < -0.4 is 0 Å². The highest BCUT2D eigenvalue weighted by Crippen LogP contribution is 2.72. The minimum Gasteiger partial charge on any atom is -0.469 e. The summed E-state index contributed by atoms with van der Waals surface area (Å²) in [6, 6.07) is 0. The van der Waals surface area contributed by atoms with E-state index in [2.05, 4.69) is 25.8 Å². The summed E-state index contributed by atoms with van der Waals surface area (Å²) < 4.78 is 18.0. The molecule has 0 aromatic rings. The van der Waals surface area contributed by atoms with Gasteiger partial charge in [-0.2, -0.15) is 0 Å². The molecule has 2 aliphatic heterocycles. The minimum atomic E-state index is -0.471. The predicted molar refractivity (Wildman–Crippen MR) is 115 cm³/mol. The third-order valence-electron chi connectivity index (χ3n) is 9.90. The van der Waals surface area contributed by atoms with E-state index in [4.69, 9.17) is 14.2 Å². The normalized spacial score (nSPS) is 45.7. The highest BCUT2D eigenvalue weighted by molar-refractivity contribution is 5.75. The van der Waals surface area contributed by atoms with Crippen molar-refractivity contribution in [3.05, 3.63) is 11.1 Å². The van der Waals surface area contributed by atoms with Crippen molar-refractivity contribution in [2.45, 2.75) is 64.6 Å². The Hall–Kier alpha value is -0.910. The zero-order chi connectivity index (χ0) is 21.3. The van der Waals surface area contributed by atoms with Gasteiger partial charge in [0.2, 0.25) is 0 Å². The smallest absolute Gasteiger partial charge is 0.309 e. The van der Waals surface area contributed by atoms with Crippen LogP contribution in [0.25, 0.3) is 0 Å². The number of hydrogen-bond acceptors (Lipinski definition) is 5. The van der Waals surface area contributed by atoms with Crippen LogP contribution in [0.5, 0.6) is 0 Å². The SMILES string of the molecule is COC(=O)[C@@H]1C[C@@]23CN(C)C[C@@H](CCC4=C2[C@@H]1CC4)[C@]31CC[C@@](OC)(C(C)C)OC1. The van der Waals surface area contributed by atoms with Crippen molar-refractivity contribution in [1.82, 2.24) is 4.90 Å². The molecular formula is C25H39NO4. The quantitative estimate of drug-likeness (QED) is 0.513. The molecule has 2 spiro atoms. The third-order valence-corrected chi connectivity index (χ3v) is 9.90. The molecule has 2 saturated heterocycles. The summed E-state index contributed by atoms with van der Waals surface area (Å²) in [5, 5.41) is 0. The lowest BCUT2D eigenvalue weighted by Gasteiger charge is -2.62. The Bertz CT molecular complexity index is 750. The van der Waals surface area contributed by atoms with E-state index in [-0.39, 0.29) is 22.7 Å². The van der Waals surface area contributed by atoms with E-state index in [1.807, 2.05) is 0 Å². The van der Waals surface area contributed by atoms with Gasteiger partial charge in [0.15, 0.2) is 5.79 Å². The first-order chi connectivity index (χ1) is 14.3. The van der Waals surface area contributed by atoms with Crippen molar-refractivity contribution in [3.63, 3.8) is 0 Å². The maximum absolute atomic E-state index is 12.9. The molecule has 0 N–H and O–H groups in total. The number of piperidine rings is 1. The second-order valence-electron chi connectivity index (χ2n) is 11.1. The van der Waals surface area contributed by atoms with E-state index in [1.54, 1.807) is 25.4 Å². The molecule has 6 atom stereocenters. The zero-order valence-electron chi connectivity index (χ0n) is 19.5. The highest BCUT2D eigenvalue weighted by Gasteiger charge is 2.69. The van der Waals surface area contributed by atoms with Gasteiger partial charge in [0, 0.05) is 43.4 Å². The monoisotopic (exact) mass is 417 g/mol. The summed E-state index contributed by atoms with van der Waals surface area (Å²) in [4.78, 5) is 15.4. The number of carbonyl (C=O) groups excluding carboxylic acids is 1. The largest absolute Gasteiger partial charge is 0.469 e. The van der Waals surface area contributed by atoms with Crippen molar-refractivity contribution < 1.29 is 19.0 Å². The molecule has 0 aromatic carbocycles. The van der Waals surface area contributed by atoms with Crippen LogP contribution >= 0.6 is 0 Å². The van der Waals surface area contributed by atoms with Crippen molar-refractivity contribution in [1.29, 1.82) is 0 Å². The number of allylic oxidation sites excluding steroid dienone is 1. The summed E-state index contributed by atoms with van der Waals surface area (Å²) in [7, 11) is 5.64. The minimum absolute atomic E-state index is 0.00118. The fourth-order valence-electron chi connectivity index (χ4n) is 8.56. The molecule has 0 amide bonds. The Morgan fingerprint density at radius 2 is 1.97 bits per heavy atom. The van der Waals surface area contributed by atoms with Crippen molar-refractivity contribution >= 4 is 5.97 Å². The number of nitrogens with zero attached hydrogens (tertiary/aromatic N) is 1. The van der Waals surface area contributed by atoms with E-state index in [9.17, 15) is 4.79 Å². The molecular weight excluding hydrogens is 378 g/mol. The van der Waals surface area contributed by atoms with Gasteiger partial charge in [-0.1, -0.05) is 25.0 Å². The van der Waals surface area contributed by atoms with Crippen molar-refractivity contribution in [3.8, 4) is 0 Å². The molecule has 0 unspecified atom stereocenters. The van der Waals surface area contributed by atoms with Gasteiger partial charge >= 0.3 is 5.97 Å². The maximum Gasteiger partial charge on any atom is 0.309 e. The standard InChI is InChI=1S/C25H39NO4/c1-16(2)25(29-5)11-10-23(15-30-25)18-8-6-17-7-9-19-20(22(27)28-4)12-24(23,21(17)19)14-26(3)13-18/h16,18-20H,6-15H2,1-5H3/t18-,19-,20-,23-,24-,25+/m1/s1. The highest BCUT2D eigenvalue weighted by atomic mass is 16.7. The fourth-order valence-corrected chi connectivity index (χ4v) is 8.56. The molecule has 2 bridgehead atoms. The number of rotatable bonds is 3. The molecule has 0 radical (unpaired) electrons. The van der Waals surface area contributed by atoms with Gasteiger partial charge in [-0.25, -0.2) is 0 Å². The lowest BCUT2D eigenvalue weighted by atomic mass is 9.50. The first-order valence-electron chi connectivity index (χ1n) is 12.0. The molecule has 3 aliphatic carbocycles. The number of ether oxygens (including phenoxy) is 3. The number of hydrogen-bond donors (Lipinski definition) is 0. The van der Waals surface area contributed by atoms with E-state index in [1.165, 1.54) is 19.3 Å². The molecule has 5 rings (SSSR count). The van der Waals surface area contributed by atoms with Gasteiger partial charge in [-0.3, -0.25) is 4.79 Å². The Morgan fingerprint density at radius 1 is 1.20 bits per heavy atom. The van der Waals surface area contributed by atoms with Crippen LogP contribution in [0.1, 0.15) is 58.8 Å². The molecule has 5 nitrogen and oxygen atoms in total. The Labute approximate surface area is 181 Å². The second-order valence-corrected chi connectivity index (χ2v) is 11.1. The lowest BCUT2D eigenvalue weighted by molar-refractivity contribution is -0.311. The molecule has 5 aliphatic rings. The summed E-state index contributed by atoms with van der Waals surface area (Å²) in [5.41, 5.74) is 3.49. The molecule has 5 heteroatoms. The average molecular weight is 418 g/mol. The lowest BCUT2D eigenvalue weighted by Crippen LogP contribution is -2.64. The van der Waals surface area contributed by atoms with Crippen LogP contribution in [0.3, 0.4) is 0 Å². The number of likely N-dealkylation sites (tertiary alicyclic amines) is 1. The van der Waals surface area contributed by atoms with Crippen LogP contribution in [-0.4, -0.2) is 57.6 Å². The fraction of sp³-hybridized carbons (Fsp3) is 0.880. The topological polar surface area (TPSA) is 48.0 Å². The maximum atomic E-state index is 12.9. The van der Waals surface area contributed by atoms with Gasteiger partial charge in [0.25, 0.3) is 0 Å².